The number of hydrogen-bond donors (Lipinski definition) is 1. The summed E-state index contributed by atoms with van der Waals surface area (Å²) in [4.78, 5) is 18.4. The molecule has 3 aromatic heterocycles. The highest BCUT2D eigenvalue weighted by atomic mass is 32.1. The number of hydrogen-bond acceptors (Lipinski definition) is 5. The highest BCUT2D eigenvalue weighted by Crippen LogP contribution is 2.40. The second kappa shape index (κ2) is 5.77. The average molecular weight is 327 g/mol. The van der Waals surface area contributed by atoms with Crippen LogP contribution in [-0.4, -0.2) is 22.6 Å². The van der Waals surface area contributed by atoms with E-state index in [0.29, 0.717) is 29.4 Å². The molecule has 0 aliphatic heterocycles. The van der Waals surface area contributed by atoms with Crippen molar-refractivity contribution >= 4 is 28.3 Å². The predicted octanol–water partition coefficient (Wildman–Crippen LogP) is 3.44. The summed E-state index contributed by atoms with van der Waals surface area (Å²) < 4.78 is 5.28. The van der Waals surface area contributed by atoms with Gasteiger partial charge in [-0.05, 0) is 43.7 Å². The Hall–Kier alpha value is -2.21. The molecule has 4 rings (SSSR count). The van der Waals surface area contributed by atoms with Gasteiger partial charge in [-0.15, -0.1) is 11.3 Å². The Balaban J connectivity index is 1.58. The summed E-state index contributed by atoms with van der Waals surface area (Å²) in [6.45, 7) is 2.46. The van der Waals surface area contributed by atoms with Crippen LogP contribution in [0.3, 0.4) is 0 Å². The molecule has 6 heteroatoms. The monoisotopic (exact) mass is 327 g/mol. The van der Waals surface area contributed by atoms with Crippen molar-refractivity contribution in [2.24, 2.45) is 0 Å². The Morgan fingerprint density at radius 2 is 2.35 bits per heavy atom. The number of aromatic nitrogens is 2. The first kappa shape index (κ1) is 14.4. The molecular weight excluding hydrogens is 310 g/mol. The number of carbonyl (C=O) groups is 1. The van der Waals surface area contributed by atoms with Gasteiger partial charge in [0.2, 0.25) is 0 Å². The average Bonchev–Trinajstić information content (AvgIpc) is 3.16. The van der Waals surface area contributed by atoms with Crippen molar-refractivity contribution in [2.45, 2.75) is 32.1 Å². The van der Waals surface area contributed by atoms with E-state index in [0.717, 1.165) is 30.3 Å². The molecule has 0 spiro atoms. The molecule has 0 bridgehead atoms. The lowest BCUT2D eigenvalue weighted by Gasteiger charge is -2.07. The maximum atomic E-state index is 12.6. The summed E-state index contributed by atoms with van der Waals surface area (Å²) in [6, 6.07) is 6.01. The van der Waals surface area contributed by atoms with Crippen LogP contribution in [0.25, 0.3) is 11.1 Å². The van der Waals surface area contributed by atoms with E-state index in [1.54, 1.807) is 11.3 Å². The second-order valence-electron chi connectivity index (χ2n) is 5.90. The SMILES string of the molecule is Cc1noc2nc(C3CC3)cc(C(=O)NCCc3cccs3)c12. The summed E-state index contributed by atoms with van der Waals surface area (Å²) in [6.07, 6.45) is 3.10. The lowest BCUT2D eigenvalue weighted by Crippen LogP contribution is -2.26. The van der Waals surface area contributed by atoms with E-state index in [4.69, 9.17) is 4.52 Å². The topological polar surface area (TPSA) is 68.0 Å². The molecule has 0 aromatic carbocycles. The number of carbonyl (C=O) groups excluding carboxylic acids is 1. The molecule has 0 atom stereocenters. The van der Waals surface area contributed by atoms with Gasteiger partial charge in [0.1, 0.15) is 0 Å². The van der Waals surface area contributed by atoms with Crippen LogP contribution in [0.4, 0.5) is 0 Å². The number of nitrogens with zero attached hydrogens (tertiary/aromatic N) is 2. The van der Waals surface area contributed by atoms with Crippen LogP contribution in [0.5, 0.6) is 0 Å². The Labute approximate surface area is 137 Å². The third-order valence-corrected chi connectivity index (χ3v) is 5.05. The van der Waals surface area contributed by atoms with Crippen molar-refractivity contribution in [1.82, 2.24) is 15.5 Å². The van der Waals surface area contributed by atoms with Gasteiger partial charge in [-0.25, -0.2) is 4.98 Å². The van der Waals surface area contributed by atoms with Crippen LogP contribution in [0.15, 0.2) is 28.1 Å². The number of fused-ring (bicyclic) bond motifs is 1. The van der Waals surface area contributed by atoms with E-state index in [9.17, 15) is 4.79 Å². The molecule has 1 aliphatic rings. The quantitative estimate of drug-likeness (QED) is 0.779. The second-order valence-corrected chi connectivity index (χ2v) is 6.93. The lowest BCUT2D eigenvalue weighted by molar-refractivity contribution is 0.0955. The molecule has 0 saturated heterocycles. The van der Waals surface area contributed by atoms with E-state index in [-0.39, 0.29) is 5.91 Å². The molecule has 1 fully saturated rings. The fourth-order valence-electron chi connectivity index (χ4n) is 2.73. The largest absolute Gasteiger partial charge is 0.352 e. The molecular formula is C17H17N3O2S. The fraction of sp³-hybridized carbons (Fsp3) is 0.353. The lowest BCUT2D eigenvalue weighted by atomic mass is 10.1. The Kier molecular flexibility index (Phi) is 3.61. The first-order valence-electron chi connectivity index (χ1n) is 7.80. The van der Waals surface area contributed by atoms with Crippen molar-refractivity contribution in [3.63, 3.8) is 0 Å². The summed E-state index contributed by atoms with van der Waals surface area (Å²) in [5, 5.41) is 9.74. The summed E-state index contributed by atoms with van der Waals surface area (Å²) >= 11 is 1.71. The van der Waals surface area contributed by atoms with E-state index >= 15 is 0 Å². The van der Waals surface area contributed by atoms with Crippen molar-refractivity contribution in [3.05, 3.63) is 45.4 Å². The van der Waals surface area contributed by atoms with Crippen LogP contribution < -0.4 is 5.32 Å². The van der Waals surface area contributed by atoms with Gasteiger partial charge in [0, 0.05) is 23.0 Å². The first-order chi connectivity index (χ1) is 11.2. The summed E-state index contributed by atoms with van der Waals surface area (Å²) in [5.74, 6) is 0.379. The van der Waals surface area contributed by atoms with Crippen LogP contribution in [0.1, 0.15) is 45.4 Å². The van der Waals surface area contributed by atoms with Crippen molar-refractivity contribution in [2.75, 3.05) is 6.54 Å². The first-order valence-corrected chi connectivity index (χ1v) is 8.68. The highest BCUT2D eigenvalue weighted by molar-refractivity contribution is 7.09. The molecule has 1 saturated carbocycles. The highest BCUT2D eigenvalue weighted by Gasteiger charge is 2.28. The van der Waals surface area contributed by atoms with Crippen LogP contribution in [0.2, 0.25) is 0 Å². The Morgan fingerprint density at radius 1 is 1.48 bits per heavy atom. The van der Waals surface area contributed by atoms with E-state index in [1.807, 2.05) is 24.4 Å². The molecule has 118 valence electrons. The molecule has 1 amide bonds. The number of amides is 1. The number of thiophene rings is 1. The van der Waals surface area contributed by atoms with E-state index in [2.05, 4.69) is 21.5 Å². The van der Waals surface area contributed by atoms with E-state index in [1.165, 1.54) is 4.88 Å². The van der Waals surface area contributed by atoms with Crippen molar-refractivity contribution in [3.8, 4) is 0 Å². The Morgan fingerprint density at radius 3 is 3.09 bits per heavy atom. The predicted molar refractivity (Wildman–Crippen MR) is 88.9 cm³/mol. The number of pyridine rings is 1. The molecule has 23 heavy (non-hydrogen) atoms. The van der Waals surface area contributed by atoms with Crippen molar-refractivity contribution < 1.29 is 9.32 Å². The normalized spacial score (nSPS) is 14.3. The van der Waals surface area contributed by atoms with Crippen molar-refractivity contribution in [1.29, 1.82) is 0 Å². The van der Waals surface area contributed by atoms with Gasteiger partial charge in [0.15, 0.2) is 0 Å². The zero-order valence-electron chi connectivity index (χ0n) is 12.8. The van der Waals surface area contributed by atoms with Gasteiger partial charge in [0.05, 0.1) is 16.6 Å². The smallest absolute Gasteiger partial charge is 0.259 e. The molecule has 3 heterocycles. The van der Waals surface area contributed by atoms with E-state index < -0.39 is 0 Å². The molecule has 0 radical (unpaired) electrons. The zero-order chi connectivity index (χ0) is 15.8. The number of aryl methyl sites for hydroxylation is 1. The number of rotatable bonds is 5. The third kappa shape index (κ3) is 2.86. The molecule has 1 aliphatic carbocycles. The van der Waals surface area contributed by atoms with Gasteiger partial charge >= 0.3 is 0 Å². The minimum atomic E-state index is -0.0813. The maximum absolute atomic E-state index is 12.6. The Bertz CT molecular complexity index is 850. The molecule has 0 unspecified atom stereocenters. The number of nitrogens with one attached hydrogen (secondary N) is 1. The van der Waals surface area contributed by atoms with Crippen LogP contribution in [-0.2, 0) is 6.42 Å². The standard InChI is InChI=1S/C17H17N3O2S/c1-10-15-13(16(21)18-7-6-12-3-2-8-23-12)9-14(11-4-5-11)19-17(15)22-20-10/h2-3,8-9,11H,4-7H2,1H3,(H,18,21). The minimum absolute atomic E-state index is 0.0813. The maximum Gasteiger partial charge on any atom is 0.259 e. The molecule has 5 nitrogen and oxygen atoms in total. The molecule has 3 aromatic rings. The molecule has 1 N–H and O–H groups in total. The van der Waals surface area contributed by atoms with Gasteiger partial charge in [-0.2, -0.15) is 0 Å². The van der Waals surface area contributed by atoms with Gasteiger partial charge < -0.3 is 9.84 Å². The fourth-order valence-corrected chi connectivity index (χ4v) is 3.44. The van der Waals surface area contributed by atoms with Gasteiger partial charge in [-0.1, -0.05) is 11.2 Å². The summed E-state index contributed by atoms with van der Waals surface area (Å²) in [7, 11) is 0. The van der Waals surface area contributed by atoms with Crippen LogP contribution in [0, 0.1) is 6.92 Å². The third-order valence-electron chi connectivity index (χ3n) is 4.11. The minimum Gasteiger partial charge on any atom is -0.352 e. The van der Waals surface area contributed by atoms with Gasteiger partial charge in [0.25, 0.3) is 11.6 Å². The zero-order valence-corrected chi connectivity index (χ0v) is 13.7. The van der Waals surface area contributed by atoms with Gasteiger partial charge in [-0.3, -0.25) is 4.79 Å². The summed E-state index contributed by atoms with van der Waals surface area (Å²) in [5.41, 5.74) is 2.74. The van der Waals surface area contributed by atoms with Crippen LogP contribution >= 0.6 is 11.3 Å².